The summed E-state index contributed by atoms with van der Waals surface area (Å²) in [6.07, 6.45) is -1.57. The predicted octanol–water partition coefficient (Wildman–Crippen LogP) is 2.15. The second-order valence-electron chi connectivity index (χ2n) is 4.02. The van der Waals surface area contributed by atoms with Crippen LogP contribution >= 0.6 is 0 Å². The largest absolute Gasteiger partial charge is 0.378 e. The molecule has 1 unspecified atom stereocenters. The van der Waals surface area contributed by atoms with Crippen LogP contribution in [0.3, 0.4) is 0 Å². The highest BCUT2D eigenvalue weighted by Crippen LogP contribution is 2.30. The number of benzene rings is 2. The molecule has 0 aliphatic heterocycles. The SMILES string of the molecule is NC(=O)C(O)c1ccccc1-c1cc(F)ccc1F. The Morgan fingerprint density at radius 2 is 1.79 bits per heavy atom. The zero-order chi connectivity index (χ0) is 14.0. The predicted molar refractivity (Wildman–Crippen MR) is 65.9 cm³/mol. The van der Waals surface area contributed by atoms with E-state index in [9.17, 15) is 18.7 Å². The Morgan fingerprint density at radius 3 is 2.47 bits per heavy atom. The van der Waals surface area contributed by atoms with Gasteiger partial charge < -0.3 is 10.8 Å². The highest BCUT2D eigenvalue weighted by Gasteiger charge is 2.19. The van der Waals surface area contributed by atoms with E-state index in [2.05, 4.69) is 0 Å². The molecule has 2 rings (SSSR count). The van der Waals surface area contributed by atoms with Crippen molar-refractivity contribution in [2.75, 3.05) is 0 Å². The van der Waals surface area contributed by atoms with Crippen molar-refractivity contribution in [3.63, 3.8) is 0 Å². The molecule has 19 heavy (non-hydrogen) atoms. The Hall–Kier alpha value is -2.27. The maximum atomic E-state index is 13.7. The maximum Gasteiger partial charge on any atom is 0.250 e. The molecule has 0 saturated carbocycles. The summed E-state index contributed by atoms with van der Waals surface area (Å²) in [4.78, 5) is 11.0. The summed E-state index contributed by atoms with van der Waals surface area (Å²) in [6.45, 7) is 0. The van der Waals surface area contributed by atoms with Crippen molar-refractivity contribution in [3.05, 3.63) is 59.7 Å². The third-order valence-corrected chi connectivity index (χ3v) is 2.74. The highest BCUT2D eigenvalue weighted by molar-refractivity contribution is 5.83. The van der Waals surface area contributed by atoms with Crippen LogP contribution in [0.2, 0.25) is 0 Å². The zero-order valence-corrected chi connectivity index (χ0v) is 9.81. The third-order valence-electron chi connectivity index (χ3n) is 2.74. The summed E-state index contributed by atoms with van der Waals surface area (Å²) >= 11 is 0. The first kappa shape index (κ1) is 13.2. The highest BCUT2D eigenvalue weighted by atomic mass is 19.1. The molecule has 1 amide bonds. The van der Waals surface area contributed by atoms with Gasteiger partial charge in [0.15, 0.2) is 6.10 Å². The van der Waals surface area contributed by atoms with Crippen LogP contribution in [-0.2, 0) is 4.79 Å². The number of primary amides is 1. The summed E-state index contributed by atoms with van der Waals surface area (Å²) in [5.74, 6) is -2.21. The molecule has 0 radical (unpaired) electrons. The normalized spacial score (nSPS) is 12.2. The number of hydrogen-bond donors (Lipinski definition) is 2. The van der Waals surface area contributed by atoms with Gasteiger partial charge in [0.05, 0.1) is 0 Å². The molecule has 2 aromatic carbocycles. The molecule has 3 nitrogen and oxygen atoms in total. The lowest BCUT2D eigenvalue weighted by Crippen LogP contribution is -2.21. The van der Waals surface area contributed by atoms with E-state index < -0.39 is 23.6 Å². The molecule has 1 atom stereocenters. The van der Waals surface area contributed by atoms with Crippen molar-refractivity contribution in [2.45, 2.75) is 6.10 Å². The fourth-order valence-electron chi connectivity index (χ4n) is 1.84. The maximum absolute atomic E-state index is 13.7. The van der Waals surface area contributed by atoms with Gasteiger partial charge in [-0.1, -0.05) is 24.3 Å². The van der Waals surface area contributed by atoms with Gasteiger partial charge >= 0.3 is 0 Å². The van der Waals surface area contributed by atoms with Crippen molar-refractivity contribution < 1.29 is 18.7 Å². The van der Waals surface area contributed by atoms with Crippen LogP contribution < -0.4 is 5.73 Å². The van der Waals surface area contributed by atoms with E-state index in [1.165, 1.54) is 12.1 Å². The molecule has 0 aliphatic rings. The Kier molecular flexibility index (Phi) is 3.57. The first-order valence-corrected chi connectivity index (χ1v) is 5.52. The van der Waals surface area contributed by atoms with E-state index in [1.54, 1.807) is 12.1 Å². The number of carbonyl (C=O) groups excluding carboxylic acids is 1. The van der Waals surface area contributed by atoms with Crippen LogP contribution in [0.1, 0.15) is 11.7 Å². The number of nitrogens with two attached hydrogens (primary N) is 1. The second kappa shape index (κ2) is 5.16. The first-order valence-electron chi connectivity index (χ1n) is 5.52. The lowest BCUT2D eigenvalue weighted by atomic mass is 9.95. The van der Waals surface area contributed by atoms with Crippen LogP contribution in [0.25, 0.3) is 11.1 Å². The molecular weight excluding hydrogens is 252 g/mol. The molecule has 0 fully saturated rings. The van der Waals surface area contributed by atoms with Crippen molar-refractivity contribution in [2.24, 2.45) is 5.73 Å². The zero-order valence-electron chi connectivity index (χ0n) is 9.81. The molecule has 0 aliphatic carbocycles. The minimum Gasteiger partial charge on any atom is -0.378 e. The van der Waals surface area contributed by atoms with E-state index in [0.29, 0.717) is 0 Å². The topological polar surface area (TPSA) is 63.3 Å². The minimum atomic E-state index is -1.57. The number of aliphatic hydroxyl groups is 1. The molecule has 98 valence electrons. The average molecular weight is 263 g/mol. The Balaban J connectivity index is 2.62. The van der Waals surface area contributed by atoms with Gasteiger partial charge in [0.1, 0.15) is 11.6 Å². The van der Waals surface area contributed by atoms with Gasteiger partial charge in [0.25, 0.3) is 5.91 Å². The molecule has 0 aromatic heterocycles. The summed E-state index contributed by atoms with van der Waals surface area (Å²) in [7, 11) is 0. The van der Waals surface area contributed by atoms with Crippen molar-refractivity contribution in [1.82, 2.24) is 0 Å². The summed E-state index contributed by atoms with van der Waals surface area (Å²) in [5, 5.41) is 9.71. The second-order valence-corrected chi connectivity index (χ2v) is 4.02. The molecule has 0 bridgehead atoms. The first-order chi connectivity index (χ1) is 9.00. The summed E-state index contributed by atoms with van der Waals surface area (Å²) in [6, 6.07) is 9.07. The van der Waals surface area contributed by atoms with Gasteiger partial charge in [0, 0.05) is 5.56 Å². The fourth-order valence-corrected chi connectivity index (χ4v) is 1.84. The van der Waals surface area contributed by atoms with E-state index in [4.69, 9.17) is 5.73 Å². The van der Waals surface area contributed by atoms with Crippen LogP contribution in [0, 0.1) is 11.6 Å². The van der Waals surface area contributed by atoms with Gasteiger partial charge in [0.2, 0.25) is 0 Å². The van der Waals surface area contributed by atoms with Gasteiger partial charge in [-0.15, -0.1) is 0 Å². The lowest BCUT2D eigenvalue weighted by Gasteiger charge is -2.13. The Labute approximate surface area is 108 Å². The van der Waals surface area contributed by atoms with Gasteiger partial charge in [-0.25, -0.2) is 8.78 Å². The minimum absolute atomic E-state index is 0.0316. The standard InChI is InChI=1S/C14H11F2NO2/c15-8-5-6-12(16)11(7-8)9-3-1-2-4-10(9)13(18)14(17)19/h1-7,13,18H,(H2,17,19). The fraction of sp³-hybridized carbons (Fsp3) is 0.0714. The average Bonchev–Trinajstić information content (AvgIpc) is 2.40. The van der Waals surface area contributed by atoms with Crippen LogP contribution in [0.15, 0.2) is 42.5 Å². The quantitative estimate of drug-likeness (QED) is 0.891. The van der Waals surface area contributed by atoms with E-state index in [-0.39, 0.29) is 16.7 Å². The molecule has 5 heteroatoms. The number of aliphatic hydroxyl groups excluding tert-OH is 1. The smallest absolute Gasteiger partial charge is 0.250 e. The molecule has 0 saturated heterocycles. The summed E-state index contributed by atoms with van der Waals surface area (Å²) < 4.78 is 26.9. The number of rotatable bonds is 3. The Bertz CT molecular complexity index is 629. The van der Waals surface area contributed by atoms with E-state index in [0.717, 1.165) is 18.2 Å². The van der Waals surface area contributed by atoms with Gasteiger partial charge in [-0.2, -0.15) is 0 Å². The number of halogens is 2. The van der Waals surface area contributed by atoms with Crippen LogP contribution in [0.5, 0.6) is 0 Å². The van der Waals surface area contributed by atoms with Gasteiger partial charge in [-0.3, -0.25) is 4.79 Å². The monoisotopic (exact) mass is 263 g/mol. The van der Waals surface area contributed by atoms with E-state index in [1.807, 2.05) is 0 Å². The number of amides is 1. The van der Waals surface area contributed by atoms with E-state index >= 15 is 0 Å². The molecular formula is C14H11F2NO2. The molecule has 2 aromatic rings. The number of hydrogen-bond acceptors (Lipinski definition) is 2. The lowest BCUT2D eigenvalue weighted by molar-refractivity contribution is -0.126. The van der Waals surface area contributed by atoms with Crippen molar-refractivity contribution in [3.8, 4) is 11.1 Å². The van der Waals surface area contributed by atoms with Gasteiger partial charge in [-0.05, 0) is 29.3 Å². The third kappa shape index (κ3) is 2.61. The molecule has 0 spiro atoms. The molecule has 3 N–H and O–H groups in total. The van der Waals surface area contributed by atoms with Crippen LogP contribution in [-0.4, -0.2) is 11.0 Å². The Morgan fingerprint density at radius 1 is 1.11 bits per heavy atom. The van der Waals surface area contributed by atoms with Crippen molar-refractivity contribution >= 4 is 5.91 Å². The number of carbonyl (C=O) groups is 1. The summed E-state index contributed by atoms with van der Waals surface area (Å²) in [5.41, 5.74) is 5.36. The molecule has 0 heterocycles. The van der Waals surface area contributed by atoms with Crippen molar-refractivity contribution in [1.29, 1.82) is 0 Å². The van der Waals surface area contributed by atoms with Crippen LogP contribution in [0.4, 0.5) is 8.78 Å².